The van der Waals surface area contributed by atoms with Crippen LogP contribution in [0.4, 0.5) is 4.39 Å². The van der Waals surface area contributed by atoms with Gasteiger partial charge in [-0.2, -0.15) is 0 Å². The highest BCUT2D eigenvalue weighted by molar-refractivity contribution is 7.98. The Balaban J connectivity index is 2.42. The van der Waals surface area contributed by atoms with Crippen LogP contribution in [-0.2, 0) is 4.79 Å². The lowest BCUT2D eigenvalue weighted by atomic mass is 9.92. The number of carbonyl (C=O) groups excluding carboxylic acids is 1. The van der Waals surface area contributed by atoms with Crippen molar-refractivity contribution in [2.45, 2.75) is 17.7 Å². The van der Waals surface area contributed by atoms with Gasteiger partial charge in [0.2, 0.25) is 0 Å². The molecular formula is C16H15FOS. The van der Waals surface area contributed by atoms with E-state index in [1.165, 1.54) is 17.0 Å². The minimum atomic E-state index is -0.412. The Labute approximate surface area is 116 Å². The first-order valence-corrected chi connectivity index (χ1v) is 7.23. The van der Waals surface area contributed by atoms with Crippen LogP contribution < -0.4 is 0 Å². The molecule has 0 aliphatic rings. The van der Waals surface area contributed by atoms with E-state index in [1.807, 2.05) is 31.4 Å². The summed E-state index contributed by atoms with van der Waals surface area (Å²) in [6.45, 7) is 2.02. The van der Waals surface area contributed by atoms with Crippen LogP contribution in [0.3, 0.4) is 0 Å². The van der Waals surface area contributed by atoms with E-state index < -0.39 is 5.92 Å². The van der Waals surface area contributed by atoms with Crippen molar-refractivity contribution in [3.8, 4) is 0 Å². The number of aldehydes is 1. The zero-order valence-corrected chi connectivity index (χ0v) is 11.7. The summed E-state index contributed by atoms with van der Waals surface area (Å²) in [6.07, 6.45) is 2.88. The second kappa shape index (κ2) is 6.02. The number of carbonyl (C=O) groups is 1. The van der Waals surface area contributed by atoms with Crippen molar-refractivity contribution >= 4 is 18.0 Å². The minimum absolute atomic E-state index is 0.318. The Bertz CT molecular complexity index is 595. The zero-order valence-electron chi connectivity index (χ0n) is 10.9. The second-order valence-electron chi connectivity index (χ2n) is 4.40. The van der Waals surface area contributed by atoms with Gasteiger partial charge in [-0.15, -0.1) is 11.8 Å². The van der Waals surface area contributed by atoms with Gasteiger partial charge >= 0.3 is 0 Å². The smallest absolute Gasteiger partial charge is 0.131 e. The van der Waals surface area contributed by atoms with Crippen molar-refractivity contribution < 1.29 is 9.18 Å². The number of halogens is 1. The molecule has 0 radical (unpaired) electrons. The monoisotopic (exact) mass is 274 g/mol. The third kappa shape index (κ3) is 3.04. The minimum Gasteiger partial charge on any atom is -0.302 e. The lowest BCUT2D eigenvalue weighted by Gasteiger charge is -2.13. The number of hydrogen-bond acceptors (Lipinski definition) is 2. The molecular weight excluding hydrogens is 259 g/mol. The van der Waals surface area contributed by atoms with Crippen molar-refractivity contribution in [1.29, 1.82) is 0 Å². The van der Waals surface area contributed by atoms with Crippen LogP contribution >= 0.6 is 11.8 Å². The van der Waals surface area contributed by atoms with E-state index in [-0.39, 0.29) is 5.82 Å². The predicted molar refractivity (Wildman–Crippen MR) is 77.3 cm³/mol. The highest BCUT2D eigenvalue weighted by Crippen LogP contribution is 2.28. The van der Waals surface area contributed by atoms with Crippen LogP contribution in [0, 0.1) is 12.7 Å². The van der Waals surface area contributed by atoms with Crippen molar-refractivity contribution in [3.05, 3.63) is 65.0 Å². The second-order valence-corrected chi connectivity index (χ2v) is 5.25. The summed E-state index contributed by atoms with van der Waals surface area (Å²) in [7, 11) is 0. The molecule has 2 aromatic carbocycles. The molecule has 0 fully saturated rings. The molecule has 1 atom stereocenters. The average Bonchev–Trinajstić information content (AvgIpc) is 2.40. The van der Waals surface area contributed by atoms with Gasteiger partial charge in [0.15, 0.2) is 0 Å². The first kappa shape index (κ1) is 13.8. The Morgan fingerprint density at radius 3 is 2.47 bits per heavy atom. The van der Waals surface area contributed by atoms with Gasteiger partial charge in [0.1, 0.15) is 12.1 Å². The van der Waals surface area contributed by atoms with Crippen LogP contribution in [0.25, 0.3) is 0 Å². The van der Waals surface area contributed by atoms with E-state index in [1.54, 1.807) is 23.9 Å². The summed E-state index contributed by atoms with van der Waals surface area (Å²) in [5.74, 6) is -0.730. The van der Waals surface area contributed by atoms with Crippen LogP contribution in [-0.4, -0.2) is 12.5 Å². The molecule has 3 heteroatoms. The third-order valence-corrected chi connectivity index (χ3v) is 4.02. The molecule has 0 saturated heterocycles. The first-order valence-electron chi connectivity index (χ1n) is 6.01. The lowest BCUT2D eigenvalue weighted by Crippen LogP contribution is -2.03. The molecule has 98 valence electrons. The van der Waals surface area contributed by atoms with Gasteiger partial charge in [-0.25, -0.2) is 4.39 Å². The Morgan fingerprint density at radius 1 is 1.16 bits per heavy atom. The van der Waals surface area contributed by atoms with E-state index >= 15 is 0 Å². The fraction of sp³-hybridized carbons (Fsp3) is 0.188. The SMILES string of the molecule is CSc1ccc(C(C=O)c2cccc(F)c2)cc1C. The number of thioether (sulfide) groups is 1. The normalized spacial score (nSPS) is 12.2. The molecule has 0 spiro atoms. The summed E-state index contributed by atoms with van der Waals surface area (Å²) >= 11 is 1.67. The molecule has 0 aromatic heterocycles. The molecule has 0 aliphatic heterocycles. The largest absolute Gasteiger partial charge is 0.302 e. The van der Waals surface area contributed by atoms with E-state index in [2.05, 4.69) is 0 Å². The number of aryl methyl sites for hydroxylation is 1. The van der Waals surface area contributed by atoms with Crippen LogP contribution in [0.5, 0.6) is 0 Å². The lowest BCUT2D eigenvalue weighted by molar-refractivity contribution is -0.108. The highest BCUT2D eigenvalue weighted by atomic mass is 32.2. The van der Waals surface area contributed by atoms with Gasteiger partial charge in [0, 0.05) is 4.90 Å². The molecule has 0 heterocycles. The molecule has 0 N–H and O–H groups in total. The average molecular weight is 274 g/mol. The van der Waals surface area contributed by atoms with Crippen LogP contribution in [0.15, 0.2) is 47.4 Å². The molecule has 0 saturated carbocycles. The highest BCUT2D eigenvalue weighted by Gasteiger charge is 2.14. The van der Waals surface area contributed by atoms with Crippen molar-refractivity contribution in [2.75, 3.05) is 6.26 Å². The van der Waals surface area contributed by atoms with E-state index in [0.29, 0.717) is 5.56 Å². The first-order chi connectivity index (χ1) is 9.15. The third-order valence-electron chi connectivity index (χ3n) is 3.12. The molecule has 2 aromatic rings. The summed E-state index contributed by atoms with van der Waals surface area (Å²) in [6, 6.07) is 12.1. The summed E-state index contributed by atoms with van der Waals surface area (Å²) in [5.41, 5.74) is 2.72. The van der Waals surface area contributed by atoms with Gasteiger partial charge < -0.3 is 4.79 Å². The quantitative estimate of drug-likeness (QED) is 0.614. The van der Waals surface area contributed by atoms with Crippen molar-refractivity contribution in [1.82, 2.24) is 0 Å². The van der Waals surface area contributed by atoms with Crippen LogP contribution in [0.1, 0.15) is 22.6 Å². The van der Waals surface area contributed by atoms with Gasteiger partial charge in [-0.3, -0.25) is 0 Å². The Kier molecular flexibility index (Phi) is 4.38. The fourth-order valence-electron chi connectivity index (χ4n) is 2.14. The Morgan fingerprint density at radius 2 is 1.89 bits per heavy atom. The predicted octanol–water partition coefficient (Wildman–Crippen LogP) is 4.19. The molecule has 1 unspecified atom stereocenters. The van der Waals surface area contributed by atoms with E-state index in [9.17, 15) is 9.18 Å². The van der Waals surface area contributed by atoms with Crippen molar-refractivity contribution in [2.24, 2.45) is 0 Å². The molecule has 0 bridgehead atoms. The summed E-state index contributed by atoms with van der Waals surface area (Å²) in [4.78, 5) is 12.5. The number of rotatable bonds is 4. The fourth-order valence-corrected chi connectivity index (χ4v) is 2.73. The van der Waals surface area contributed by atoms with Crippen molar-refractivity contribution in [3.63, 3.8) is 0 Å². The summed E-state index contributed by atoms with van der Waals surface area (Å²) in [5, 5.41) is 0. The summed E-state index contributed by atoms with van der Waals surface area (Å²) < 4.78 is 13.3. The standard InChI is InChI=1S/C16H15FOS/c1-11-8-13(6-7-16(11)19-2)15(10-18)12-4-3-5-14(17)9-12/h3-10,15H,1-2H3. The van der Waals surface area contributed by atoms with E-state index in [4.69, 9.17) is 0 Å². The molecule has 0 aliphatic carbocycles. The van der Waals surface area contributed by atoms with Gasteiger partial charge in [-0.05, 0) is 48.1 Å². The molecule has 1 nitrogen and oxygen atoms in total. The van der Waals surface area contributed by atoms with Gasteiger partial charge in [-0.1, -0.05) is 24.3 Å². The van der Waals surface area contributed by atoms with Gasteiger partial charge in [0.05, 0.1) is 5.92 Å². The maximum absolute atomic E-state index is 13.3. The van der Waals surface area contributed by atoms with Gasteiger partial charge in [0.25, 0.3) is 0 Å². The van der Waals surface area contributed by atoms with E-state index in [0.717, 1.165) is 17.4 Å². The molecule has 2 rings (SSSR count). The number of benzene rings is 2. The molecule has 0 amide bonds. The number of hydrogen-bond donors (Lipinski definition) is 0. The van der Waals surface area contributed by atoms with Crippen LogP contribution in [0.2, 0.25) is 0 Å². The zero-order chi connectivity index (χ0) is 13.8. The topological polar surface area (TPSA) is 17.1 Å². The maximum atomic E-state index is 13.3. The Hall–Kier alpha value is -1.61. The maximum Gasteiger partial charge on any atom is 0.131 e. The molecule has 19 heavy (non-hydrogen) atoms.